The molecule has 4 heterocycles. The normalized spacial score (nSPS) is 13.6. The summed E-state index contributed by atoms with van der Waals surface area (Å²) in [6.07, 6.45) is 0. The van der Waals surface area contributed by atoms with Gasteiger partial charge < -0.3 is 0 Å². The Labute approximate surface area is 303 Å². The molecule has 0 radical (unpaired) electrons. The topological polar surface area (TPSA) is 47.6 Å². The van der Waals surface area contributed by atoms with Gasteiger partial charge in [-0.1, -0.05) is 121 Å². The largest absolute Gasteiger partial charge is 0.244 e. The van der Waals surface area contributed by atoms with Crippen LogP contribution in [0, 0.1) is 22.7 Å². The summed E-state index contributed by atoms with van der Waals surface area (Å²) in [6, 6.07) is 41.4. The molecule has 12 rings (SSSR count). The second-order valence-electron chi connectivity index (χ2n) is 16.1. The fourth-order valence-corrected chi connectivity index (χ4v) is 11.1. The highest BCUT2D eigenvalue weighted by Crippen LogP contribution is 2.50. The van der Waals surface area contributed by atoms with E-state index in [-0.39, 0.29) is 13.4 Å². The molecule has 0 amide bonds. The molecule has 4 aliphatic heterocycles. The minimum Gasteiger partial charge on any atom is -0.192 e. The minimum atomic E-state index is 0.105. The lowest BCUT2D eigenvalue weighted by molar-refractivity contribution is 0.876. The van der Waals surface area contributed by atoms with Gasteiger partial charge >= 0.3 is 0 Å². The van der Waals surface area contributed by atoms with Crippen LogP contribution in [-0.4, -0.2) is 13.4 Å². The maximum absolute atomic E-state index is 10.3. The zero-order valence-electron chi connectivity index (χ0n) is 29.4. The molecule has 8 aromatic rings. The molecule has 0 N–H and O–H groups in total. The van der Waals surface area contributed by atoms with Crippen LogP contribution in [0.2, 0.25) is 0 Å². The van der Waals surface area contributed by atoms with Crippen LogP contribution in [0.25, 0.3) is 76.8 Å². The first-order valence-corrected chi connectivity index (χ1v) is 18.6. The van der Waals surface area contributed by atoms with Crippen LogP contribution in [-0.2, 0) is 0 Å². The van der Waals surface area contributed by atoms with E-state index in [1.165, 1.54) is 121 Å². The Bertz CT molecular complexity index is 2910. The van der Waals surface area contributed by atoms with E-state index in [0.29, 0.717) is 23.0 Å². The molecule has 2 nitrogen and oxygen atoms in total. The molecule has 0 saturated carbocycles. The average molecular weight is 656 g/mol. The number of rotatable bonds is 2. The van der Waals surface area contributed by atoms with Crippen molar-refractivity contribution in [2.45, 2.75) is 39.5 Å². The molecular formula is C48H30B2N2. The molecule has 0 fully saturated rings. The summed E-state index contributed by atoms with van der Waals surface area (Å²) in [7, 11) is 0. The van der Waals surface area contributed by atoms with E-state index in [4.69, 9.17) is 0 Å². The van der Waals surface area contributed by atoms with Gasteiger partial charge in [-0.15, -0.1) is 0 Å². The van der Waals surface area contributed by atoms with Crippen molar-refractivity contribution in [1.82, 2.24) is 0 Å². The zero-order valence-corrected chi connectivity index (χ0v) is 29.4. The van der Waals surface area contributed by atoms with E-state index in [2.05, 4.69) is 137 Å². The van der Waals surface area contributed by atoms with Crippen molar-refractivity contribution in [3.8, 4) is 56.6 Å². The quantitative estimate of drug-likeness (QED) is 0.143. The molecule has 238 valence electrons. The Balaban J connectivity index is 1.35. The van der Waals surface area contributed by atoms with E-state index in [9.17, 15) is 10.5 Å². The van der Waals surface area contributed by atoms with Crippen molar-refractivity contribution in [2.75, 3.05) is 0 Å². The first kappa shape index (κ1) is 28.6. The molecular weight excluding hydrogens is 626 g/mol. The first-order chi connectivity index (χ1) is 25.4. The second-order valence-corrected chi connectivity index (χ2v) is 16.1. The van der Waals surface area contributed by atoms with E-state index >= 15 is 0 Å². The average Bonchev–Trinajstić information content (AvgIpc) is 3.68. The van der Waals surface area contributed by atoms with Crippen LogP contribution in [0.15, 0.2) is 97.1 Å². The highest BCUT2D eigenvalue weighted by molar-refractivity contribution is 7.03. The highest BCUT2D eigenvalue weighted by atomic mass is 14.4. The van der Waals surface area contributed by atoms with E-state index in [1.54, 1.807) is 0 Å². The third kappa shape index (κ3) is 3.16. The van der Waals surface area contributed by atoms with Crippen LogP contribution in [0.1, 0.15) is 61.8 Å². The third-order valence-corrected chi connectivity index (χ3v) is 13.0. The lowest BCUT2D eigenvalue weighted by atomic mass is 9.34. The van der Waals surface area contributed by atoms with Gasteiger partial charge in [-0.3, -0.25) is 0 Å². The Morgan fingerprint density at radius 1 is 0.423 bits per heavy atom. The van der Waals surface area contributed by atoms with Gasteiger partial charge in [0.15, 0.2) is 0 Å². The molecule has 4 aliphatic rings. The maximum Gasteiger partial charge on any atom is 0.244 e. The summed E-state index contributed by atoms with van der Waals surface area (Å²) in [4.78, 5) is 0. The molecule has 0 saturated heterocycles. The summed E-state index contributed by atoms with van der Waals surface area (Å²) < 4.78 is 0. The van der Waals surface area contributed by atoms with Gasteiger partial charge in [0, 0.05) is 0 Å². The van der Waals surface area contributed by atoms with Crippen LogP contribution in [0.5, 0.6) is 0 Å². The molecule has 0 atom stereocenters. The molecule has 0 aliphatic carbocycles. The summed E-state index contributed by atoms with van der Waals surface area (Å²) in [5.41, 5.74) is 22.1. The fourth-order valence-electron chi connectivity index (χ4n) is 11.1. The lowest BCUT2D eigenvalue weighted by Crippen LogP contribution is -2.53. The van der Waals surface area contributed by atoms with E-state index < -0.39 is 0 Å². The van der Waals surface area contributed by atoms with Crippen LogP contribution < -0.4 is 32.8 Å². The van der Waals surface area contributed by atoms with Crippen molar-refractivity contribution < 1.29 is 0 Å². The Morgan fingerprint density at radius 2 is 0.808 bits per heavy atom. The SMILES string of the molecule is CC(C)c1cc2c3c(cc4c(C(C)C)cc5c6c(cc1c3c46)B1c3ccccc3-c3cc(C#N)cc-5c31)B1c3ccccc3-c3cc(C#N)cc-2c31. The molecule has 0 unspecified atom stereocenters. The van der Waals surface area contributed by atoms with Crippen LogP contribution >= 0.6 is 0 Å². The molecule has 0 bridgehead atoms. The number of fused-ring (bicyclic) bond motifs is 10. The van der Waals surface area contributed by atoms with Crippen LogP contribution in [0.4, 0.5) is 0 Å². The number of hydrogen-bond donors (Lipinski definition) is 0. The summed E-state index contributed by atoms with van der Waals surface area (Å²) in [5.74, 6) is 0.589. The maximum atomic E-state index is 10.3. The summed E-state index contributed by atoms with van der Waals surface area (Å²) in [5, 5.41) is 28.7. The summed E-state index contributed by atoms with van der Waals surface area (Å²) in [6.45, 7) is 9.53. The Kier molecular flexibility index (Phi) is 5.18. The van der Waals surface area contributed by atoms with E-state index in [1.807, 2.05) is 0 Å². The summed E-state index contributed by atoms with van der Waals surface area (Å²) >= 11 is 0. The number of nitriles is 2. The molecule has 8 aromatic carbocycles. The second kappa shape index (κ2) is 9.41. The van der Waals surface area contributed by atoms with Crippen molar-refractivity contribution >= 4 is 78.5 Å². The minimum absolute atomic E-state index is 0.105. The zero-order chi connectivity index (χ0) is 34.9. The molecule has 52 heavy (non-hydrogen) atoms. The van der Waals surface area contributed by atoms with Gasteiger partial charge in [0.05, 0.1) is 23.3 Å². The predicted molar refractivity (Wildman–Crippen MR) is 219 cm³/mol. The van der Waals surface area contributed by atoms with Crippen molar-refractivity contribution in [3.63, 3.8) is 0 Å². The number of hydrogen-bond acceptors (Lipinski definition) is 2. The smallest absolute Gasteiger partial charge is 0.192 e. The number of benzene rings is 8. The van der Waals surface area contributed by atoms with Crippen LogP contribution in [0.3, 0.4) is 0 Å². The fraction of sp³-hybridized carbons (Fsp3) is 0.125. The highest BCUT2D eigenvalue weighted by Gasteiger charge is 2.44. The van der Waals surface area contributed by atoms with Gasteiger partial charge in [-0.25, -0.2) is 0 Å². The lowest BCUT2D eigenvalue weighted by Gasteiger charge is -2.33. The van der Waals surface area contributed by atoms with Gasteiger partial charge in [0.2, 0.25) is 13.4 Å². The first-order valence-electron chi connectivity index (χ1n) is 18.6. The van der Waals surface area contributed by atoms with Crippen molar-refractivity contribution in [3.05, 3.63) is 119 Å². The Morgan fingerprint density at radius 3 is 1.19 bits per heavy atom. The van der Waals surface area contributed by atoms with Gasteiger partial charge in [0.1, 0.15) is 0 Å². The molecule has 0 spiro atoms. The van der Waals surface area contributed by atoms with Gasteiger partial charge in [0.25, 0.3) is 0 Å². The van der Waals surface area contributed by atoms with Crippen molar-refractivity contribution in [2.24, 2.45) is 0 Å². The third-order valence-electron chi connectivity index (χ3n) is 13.0. The van der Waals surface area contributed by atoms with E-state index in [0.717, 1.165) is 0 Å². The molecule has 4 heteroatoms. The Hall–Kier alpha value is -6.09. The van der Waals surface area contributed by atoms with Gasteiger partial charge in [-0.05, 0) is 136 Å². The monoisotopic (exact) mass is 656 g/mol. The van der Waals surface area contributed by atoms with Crippen molar-refractivity contribution in [1.29, 1.82) is 10.5 Å². The number of nitrogens with zero attached hydrogens (tertiary/aromatic N) is 2. The van der Waals surface area contributed by atoms with Gasteiger partial charge in [-0.2, -0.15) is 10.5 Å². The predicted octanol–water partition coefficient (Wildman–Crippen LogP) is 7.53. The standard InChI is InChI=1S/C48H30B2N2/c1-23(2)29-17-31-37-15-25(21-51)13-35-27-9-6-8-12-40(27)50(47(35)37)42-20-34-30(24(3)4)18-32-38-16-26(22-52)14-36-28-10-5-7-11-39(28)49(48(36)38)41-19-33(29)45(43(31)42)46(34)44(32)41/h5-20,23-24H,1-4H3. The molecule has 0 aromatic heterocycles.